The summed E-state index contributed by atoms with van der Waals surface area (Å²) in [5.74, 6) is -1.25. The molecule has 0 N–H and O–H groups in total. The van der Waals surface area contributed by atoms with Gasteiger partial charge >= 0.3 is 0 Å². The van der Waals surface area contributed by atoms with Crippen LogP contribution in [0.15, 0.2) is 59.1 Å². The molecular weight excluding hydrogens is 562 g/mol. The van der Waals surface area contributed by atoms with E-state index in [1.807, 2.05) is 0 Å². The first-order valence-electron chi connectivity index (χ1n) is 11.3. The highest BCUT2D eigenvalue weighted by Gasteiger charge is 2.58. The fourth-order valence-corrected chi connectivity index (χ4v) is 5.17. The molecule has 0 aromatic heterocycles. The maximum absolute atomic E-state index is 13.7. The zero-order valence-electron chi connectivity index (χ0n) is 20.3. The molecule has 5 rings (SSSR count). The van der Waals surface area contributed by atoms with Crippen LogP contribution in [0.25, 0.3) is 0 Å². The molecule has 1 fully saturated rings. The zero-order valence-corrected chi connectivity index (χ0v) is 21.9. The molecule has 2 heterocycles. The van der Waals surface area contributed by atoms with Crippen molar-refractivity contribution in [1.29, 1.82) is 0 Å². The molecule has 2 aliphatic heterocycles. The Morgan fingerprint density at radius 3 is 2.03 bits per heavy atom. The summed E-state index contributed by atoms with van der Waals surface area (Å²) in [6, 6.07) is 11.9. The molecule has 12 heteroatoms. The number of nitro benzene ring substituents is 1. The third kappa shape index (κ3) is 3.67. The minimum absolute atomic E-state index is 0.122. The maximum Gasteiger partial charge on any atom is 0.282 e. The zero-order chi connectivity index (χ0) is 27.3. The first-order valence-corrected chi connectivity index (χ1v) is 12.1. The number of imide groups is 1. The molecule has 2 atom stereocenters. The summed E-state index contributed by atoms with van der Waals surface area (Å²) < 4.78 is 17.2. The van der Waals surface area contributed by atoms with Crippen molar-refractivity contribution in [3.63, 3.8) is 0 Å². The largest absolute Gasteiger partial charge is 0.493 e. The van der Waals surface area contributed by atoms with E-state index in [0.717, 1.165) is 15.4 Å². The number of amides is 3. The summed E-state index contributed by atoms with van der Waals surface area (Å²) in [6.07, 6.45) is 0. The number of β-lactam (4-membered cyclic amide) rings is 1. The van der Waals surface area contributed by atoms with Gasteiger partial charge in [-0.3, -0.25) is 29.4 Å². The van der Waals surface area contributed by atoms with Crippen molar-refractivity contribution in [2.24, 2.45) is 0 Å². The van der Waals surface area contributed by atoms with Gasteiger partial charge in [0.1, 0.15) is 11.6 Å². The molecule has 3 aromatic rings. The van der Waals surface area contributed by atoms with Gasteiger partial charge in [-0.2, -0.15) is 0 Å². The van der Waals surface area contributed by atoms with E-state index in [4.69, 9.17) is 14.2 Å². The first-order chi connectivity index (χ1) is 18.2. The topological polar surface area (TPSA) is 129 Å². The van der Waals surface area contributed by atoms with Gasteiger partial charge in [0.05, 0.1) is 37.9 Å². The average molecular weight is 582 g/mol. The maximum atomic E-state index is 13.7. The highest BCUT2D eigenvalue weighted by atomic mass is 79.9. The smallest absolute Gasteiger partial charge is 0.282 e. The molecule has 3 aromatic carbocycles. The molecule has 194 valence electrons. The quantitative estimate of drug-likeness (QED) is 0.176. The fourth-order valence-electron chi connectivity index (χ4n) is 4.91. The number of hydrogen-bond donors (Lipinski definition) is 0. The normalized spacial score (nSPS) is 18.3. The van der Waals surface area contributed by atoms with Crippen LogP contribution in [0.3, 0.4) is 0 Å². The van der Waals surface area contributed by atoms with Crippen LogP contribution in [0.5, 0.6) is 17.2 Å². The molecule has 0 unspecified atom stereocenters. The van der Waals surface area contributed by atoms with Gasteiger partial charge in [0, 0.05) is 16.2 Å². The number of carbonyl (C=O) groups is 3. The lowest BCUT2D eigenvalue weighted by molar-refractivity contribution is -0.385. The van der Waals surface area contributed by atoms with E-state index in [1.165, 1.54) is 38.4 Å². The number of methoxy groups -OCH3 is 3. The van der Waals surface area contributed by atoms with Crippen molar-refractivity contribution in [2.45, 2.75) is 12.1 Å². The van der Waals surface area contributed by atoms with E-state index in [0.29, 0.717) is 28.5 Å². The predicted octanol–water partition coefficient (Wildman–Crippen LogP) is 4.14. The summed E-state index contributed by atoms with van der Waals surface area (Å²) in [7, 11) is 4.34. The van der Waals surface area contributed by atoms with Gasteiger partial charge in [-0.05, 0) is 48.0 Å². The minimum Gasteiger partial charge on any atom is -0.493 e. The van der Waals surface area contributed by atoms with Crippen molar-refractivity contribution >= 4 is 45.0 Å². The molecule has 0 radical (unpaired) electrons. The highest BCUT2D eigenvalue weighted by Crippen LogP contribution is 2.48. The number of nitro groups is 1. The number of halogens is 1. The Morgan fingerprint density at radius 1 is 0.842 bits per heavy atom. The number of ether oxygens (including phenoxy) is 3. The lowest BCUT2D eigenvalue weighted by Crippen LogP contribution is -2.67. The Bertz CT molecular complexity index is 1480. The van der Waals surface area contributed by atoms with Gasteiger partial charge in [0.15, 0.2) is 11.5 Å². The lowest BCUT2D eigenvalue weighted by atomic mass is 9.86. The van der Waals surface area contributed by atoms with Crippen molar-refractivity contribution in [2.75, 3.05) is 26.2 Å². The molecular formula is C26H20BrN3O8. The second-order valence-corrected chi connectivity index (χ2v) is 9.39. The van der Waals surface area contributed by atoms with Gasteiger partial charge in [0.25, 0.3) is 23.4 Å². The van der Waals surface area contributed by atoms with Crippen molar-refractivity contribution in [3.05, 3.63) is 85.9 Å². The number of benzene rings is 3. The number of anilines is 1. The molecule has 3 amide bonds. The average Bonchev–Trinajstić information content (AvgIpc) is 3.16. The van der Waals surface area contributed by atoms with Crippen molar-refractivity contribution < 1.29 is 33.5 Å². The van der Waals surface area contributed by atoms with Crippen LogP contribution in [0.4, 0.5) is 11.4 Å². The molecule has 0 saturated carbocycles. The summed E-state index contributed by atoms with van der Waals surface area (Å²) in [5.41, 5.74) is 0.0712. The van der Waals surface area contributed by atoms with E-state index >= 15 is 0 Å². The number of hydrogen-bond acceptors (Lipinski definition) is 8. The van der Waals surface area contributed by atoms with Gasteiger partial charge in [-0.1, -0.05) is 22.0 Å². The molecule has 11 nitrogen and oxygen atoms in total. The van der Waals surface area contributed by atoms with Gasteiger partial charge in [-0.25, -0.2) is 0 Å². The molecule has 1 saturated heterocycles. The van der Waals surface area contributed by atoms with E-state index in [9.17, 15) is 24.5 Å². The number of rotatable bonds is 7. The highest BCUT2D eigenvalue weighted by molar-refractivity contribution is 9.10. The molecule has 38 heavy (non-hydrogen) atoms. The van der Waals surface area contributed by atoms with Crippen LogP contribution in [0, 0.1) is 10.1 Å². The standard InChI is InChI=1S/C26H20BrN3O8/c1-36-18-11-13(12-19(37-2)23(18)38-3)21-22(26(33)28(21)15-9-7-14(27)8-10-15)29-24(31)16-5-4-6-17(30(34)35)20(16)25(29)32/h4-12,21-22H,1-3H3/t21-,22+/m1/s1. The molecule has 0 aliphatic carbocycles. The lowest BCUT2D eigenvalue weighted by Gasteiger charge is -2.49. The molecule has 2 aliphatic rings. The predicted molar refractivity (Wildman–Crippen MR) is 138 cm³/mol. The van der Waals surface area contributed by atoms with E-state index in [1.54, 1.807) is 36.4 Å². The number of nitrogens with zero attached hydrogens (tertiary/aromatic N) is 3. The summed E-state index contributed by atoms with van der Waals surface area (Å²) >= 11 is 3.38. The van der Waals surface area contributed by atoms with E-state index in [2.05, 4.69) is 15.9 Å². The second-order valence-electron chi connectivity index (χ2n) is 8.47. The monoisotopic (exact) mass is 581 g/mol. The SMILES string of the molecule is COc1cc([C@@H]2[C@H](N3C(=O)c4cccc([N+](=O)[O-])c4C3=O)C(=O)N2c2ccc(Br)cc2)cc(OC)c1OC. The van der Waals surface area contributed by atoms with Gasteiger partial charge in [-0.15, -0.1) is 0 Å². The van der Waals surface area contributed by atoms with Crippen LogP contribution in [0.1, 0.15) is 32.3 Å². The van der Waals surface area contributed by atoms with Crippen LogP contribution in [-0.2, 0) is 4.79 Å². The number of fused-ring (bicyclic) bond motifs is 1. The van der Waals surface area contributed by atoms with E-state index in [-0.39, 0.29) is 11.1 Å². The van der Waals surface area contributed by atoms with Crippen LogP contribution >= 0.6 is 15.9 Å². The van der Waals surface area contributed by atoms with Crippen LogP contribution in [0.2, 0.25) is 0 Å². The summed E-state index contributed by atoms with van der Waals surface area (Å²) in [5, 5.41) is 11.6. The van der Waals surface area contributed by atoms with Gasteiger partial charge < -0.3 is 19.1 Å². The third-order valence-electron chi connectivity index (χ3n) is 6.60. The Labute approximate surface area is 224 Å². The first kappa shape index (κ1) is 25.2. The summed E-state index contributed by atoms with van der Waals surface area (Å²) in [6.45, 7) is 0. The second kappa shape index (κ2) is 9.45. The van der Waals surface area contributed by atoms with Gasteiger partial charge in [0.2, 0.25) is 5.75 Å². The van der Waals surface area contributed by atoms with Crippen LogP contribution in [-0.4, -0.2) is 54.9 Å². The van der Waals surface area contributed by atoms with Crippen LogP contribution < -0.4 is 19.1 Å². The Kier molecular flexibility index (Phi) is 6.27. The minimum atomic E-state index is -1.27. The Morgan fingerprint density at radius 2 is 1.47 bits per heavy atom. The van der Waals surface area contributed by atoms with Crippen molar-refractivity contribution in [3.8, 4) is 17.2 Å². The molecule has 0 spiro atoms. The fraction of sp³-hybridized carbons (Fsp3) is 0.192. The number of carbonyl (C=O) groups excluding carboxylic acids is 3. The van der Waals surface area contributed by atoms with E-state index < -0.39 is 40.4 Å². The Balaban J connectivity index is 1.66. The van der Waals surface area contributed by atoms with Crippen molar-refractivity contribution in [1.82, 2.24) is 4.90 Å². The Hall–Kier alpha value is -4.45. The third-order valence-corrected chi connectivity index (χ3v) is 7.13. The molecule has 0 bridgehead atoms. The summed E-state index contributed by atoms with van der Waals surface area (Å²) in [4.78, 5) is 53.7.